The van der Waals surface area contributed by atoms with Gasteiger partial charge in [0, 0.05) is 0 Å². The van der Waals surface area contributed by atoms with Gasteiger partial charge < -0.3 is 29.8 Å². The van der Waals surface area contributed by atoms with Gasteiger partial charge in [0.15, 0.2) is 0 Å². The molecule has 12 heteroatoms. The molecule has 0 radical (unpaired) electrons. The maximum absolute atomic E-state index is 11.5. The summed E-state index contributed by atoms with van der Waals surface area (Å²) >= 11 is 0. The van der Waals surface area contributed by atoms with Crippen molar-refractivity contribution < 1.29 is 43.7 Å². The number of hydrogen-bond acceptors (Lipinski definition) is 5. The van der Waals surface area contributed by atoms with E-state index < -0.39 is 44.9 Å². The van der Waals surface area contributed by atoms with E-state index in [0.717, 1.165) is 6.92 Å². The molecule has 0 aliphatic rings. The highest BCUT2D eigenvalue weighted by atomic mass is 31.2. The van der Waals surface area contributed by atoms with E-state index in [1.807, 2.05) is 0 Å². The van der Waals surface area contributed by atoms with Crippen molar-refractivity contribution in [3.63, 3.8) is 0 Å². The van der Waals surface area contributed by atoms with Crippen molar-refractivity contribution >= 4 is 21.2 Å². The normalized spacial score (nSPS) is 18.3. The molecule has 0 rings (SSSR count). The Hall–Kier alpha value is -0.830. The van der Waals surface area contributed by atoms with Crippen LogP contribution in [-0.2, 0) is 13.9 Å². The van der Waals surface area contributed by atoms with Crippen molar-refractivity contribution in [1.29, 1.82) is 0 Å². The molecule has 4 unspecified atom stereocenters. The Balaban J connectivity index is 6.35. The molecule has 0 saturated heterocycles. The summed E-state index contributed by atoms with van der Waals surface area (Å²) in [6, 6.07) is -2.01. The van der Waals surface area contributed by atoms with Gasteiger partial charge in [0.25, 0.3) is 0 Å². The zero-order valence-electron chi connectivity index (χ0n) is 11.6. The Labute approximate surface area is 126 Å². The van der Waals surface area contributed by atoms with E-state index in [1.54, 1.807) is 0 Å². The average molecular weight is 359 g/mol. The second kappa shape index (κ2) is 7.63. The molecule has 128 valence electrons. The number of aliphatic carboxylic acids is 1. The minimum Gasteiger partial charge on any atom is -0.480 e. The fraction of sp³-hybridized carbons (Fsp3) is 0.500. The Morgan fingerprint density at radius 1 is 1.05 bits per heavy atom. The monoisotopic (exact) mass is 359 g/mol. The minimum absolute atomic E-state index is 0.314. The number of carboxylic acids is 1. The highest BCUT2D eigenvalue weighted by Gasteiger charge is 2.48. The SMILES string of the molecule is C=CC(N(C(C(=O)O)C(C)O)C(C=C)P(=O)(O)O)P(=O)(O)O. The van der Waals surface area contributed by atoms with Gasteiger partial charge in [0.1, 0.15) is 17.6 Å². The van der Waals surface area contributed by atoms with Gasteiger partial charge in [0.05, 0.1) is 6.10 Å². The smallest absolute Gasteiger partial charge is 0.346 e. The number of nitrogens with zero attached hydrogens (tertiary/aromatic N) is 1. The molecule has 0 bridgehead atoms. The lowest BCUT2D eigenvalue weighted by Gasteiger charge is -2.40. The third-order valence-corrected chi connectivity index (χ3v) is 5.09. The lowest BCUT2D eigenvalue weighted by molar-refractivity contribution is -0.147. The van der Waals surface area contributed by atoms with Gasteiger partial charge in [-0.25, -0.2) is 0 Å². The Bertz CT molecular complexity index is 488. The summed E-state index contributed by atoms with van der Waals surface area (Å²) in [4.78, 5) is 48.8. The van der Waals surface area contributed by atoms with Gasteiger partial charge in [-0.15, -0.1) is 13.2 Å². The summed E-state index contributed by atoms with van der Waals surface area (Å²) in [7, 11) is -10.1. The van der Waals surface area contributed by atoms with E-state index in [4.69, 9.17) is 5.11 Å². The summed E-state index contributed by atoms with van der Waals surface area (Å²) < 4.78 is 23.0. The van der Waals surface area contributed by atoms with Gasteiger partial charge in [-0.2, -0.15) is 0 Å². The number of aliphatic hydroxyl groups excluding tert-OH is 1. The van der Waals surface area contributed by atoms with Gasteiger partial charge in [-0.05, 0) is 6.92 Å². The summed E-state index contributed by atoms with van der Waals surface area (Å²) in [6.07, 6.45) is -0.378. The molecular formula is C10H19NO9P2. The predicted octanol–water partition coefficient (Wildman–Crippen LogP) is -0.498. The van der Waals surface area contributed by atoms with Crippen molar-refractivity contribution in [2.75, 3.05) is 0 Å². The second-order valence-electron chi connectivity index (χ2n) is 4.45. The predicted molar refractivity (Wildman–Crippen MR) is 77.0 cm³/mol. The van der Waals surface area contributed by atoms with Crippen LogP contribution in [0.2, 0.25) is 0 Å². The largest absolute Gasteiger partial charge is 0.480 e. The lowest BCUT2D eigenvalue weighted by Crippen LogP contribution is -2.55. The molecular weight excluding hydrogens is 340 g/mol. The van der Waals surface area contributed by atoms with Gasteiger partial charge in [-0.3, -0.25) is 18.8 Å². The van der Waals surface area contributed by atoms with Crippen LogP contribution in [0.4, 0.5) is 0 Å². The Morgan fingerprint density at radius 2 is 1.36 bits per heavy atom. The molecule has 0 aromatic carbocycles. The van der Waals surface area contributed by atoms with Crippen LogP contribution in [0, 0.1) is 0 Å². The van der Waals surface area contributed by atoms with Crippen LogP contribution < -0.4 is 0 Å². The quantitative estimate of drug-likeness (QED) is 0.232. The van der Waals surface area contributed by atoms with Crippen molar-refractivity contribution in [1.82, 2.24) is 4.90 Å². The van der Waals surface area contributed by atoms with E-state index in [-0.39, 0.29) is 0 Å². The topological polar surface area (TPSA) is 176 Å². The average Bonchev–Trinajstić information content (AvgIpc) is 2.25. The summed E-state index contributed by atoms with van der Waals surface area (Å²) in [5.41, 5.74) is 0. The first kappa shape index (κ1) is 21.2. The first-order valence-corrected chi connectivity index (χ1v) is 9.19. The maximum atomic E-state index is 11.5. The summed E-state index contributed by atoms with van der Waals surface area (Å²) in [5, 5.41) is 18.7. The number of carbonyl (C=O) groups is 1. The van der Waals surface area contributed by atoms with Crippen LogP contribution in [0.15, 0.2) is 25.3 Å². The van der Waals surface area contributed by atoms with Crippen molar-refractivity contribution in [3.05, 3.63) is 25.3 Å². The van der Waals surface area contributed by atoms with Crippen molar-refractivity contribution in [3.8, 4) is 0 Å². The fourth-order valence-corrected chi connectivity index (χ4v) is 3.86. The summed E-state index contributed by atoms with van der Waals surface area (Å²) in [6.45, 7) is 7.31. The number of carboxylic acid groups (broad SMARTS) is 1. The minimum atomic E-state index is -5.06. The molecule has 0 aromatic heterocycles. The molecule has 10 nitrogen and oxygen atoms in total. The van der Waals surface area contributed by atoms with E-state index in [2.05, 4.69) is 13.2 Å². The van der Waals surface area contributed by atoms with E-state index in [9.17, 15) is 38.6 Å². The molecule has 0 saturated carbocycles. The molecule has 0 fully saturated rings. The molecule has 4 atom stereocenters. The molecule has 0 heterocycles. The van der Waals surface area contributed by atoms with Crippen molar-refractivity contribution in [2.45, 2.75) is 30.6 Å². The molecule has 6 N–H and O–H groups in total. The highest BCUT2D eigenvalue weighted by Crippen LogP contribution is 2.52. The van der Waals surface area contributed by atoms with Crippen LogP contribution in [0.5, 0.6) is 0 Å². The maximum Gasteiger partial charge on any atom is 0.346 e. The third-order valence-electron chi connectivity index (χ3n) is 2.75. The lowest BCUT2D eigenvalue weighted by atomic mass is 10.1. The van der Waals surface area contributed by atoms with Gasteiger partial charge in [0.2, 0.25) is 0 Å². The standard InChI is InChI=1S/C10H19NO9P2/c1-4-7(21(15,16)17)11(8(5-2)22(18,19)20)9(6(3)12)10(13)14/h4-9,12H,1-2H2,3H3,(H,13,14)(H2,15,16,17)(H2,18,19,20). The number of rotatable bonds is 9. The van der Waals surface area contributed by atoms with Crippen LogP contribution in [0.25, 0.3) is 0 Å². The number of hydrogen-bond donors (Lipinski definition) is 6. The summed E-state index contributed by atoms with van der Waals surface area (Å²) in [5.74, 6) is -5.81. The van der Waals surface area contributed by atoms with E-state index in [0.29, 0.717) is 17.1 Å². The molecule has 22 heavy (non-hydrogen) atoms. The molecule has 0 spiro atoms. The first-order chi connectivity index (χ1) is 9.78. The number of aliphatic hydroxyl groups is 1. The zero-order chi connectivity index (χ0) is 17.9. The van der Waals surface area contributed by atoms with Gasteiger partial charge >= 0.3 is 21.2 Å². The van der Waals surface area contributed by atoms with Crippen LogP contribution >= 0.6 is 15.2 Å². The second-order valence-corrected chi connectivity index (χ2v) is 7.86. The fourth-order valence-electron chi connectivity index (χ4n) is 1.93. The van der Waals surface area contributed by atoms with E-state index >= 15 is 0 Å². The Morgan fingerprint density at radius 3 is 1.50 bits per heavy atom. The highest BCUT2D eigenvalue weighted by molar-refractivity contribution is 7.53. The molecule has 0 amide bonds. The van der Waals surface area contributed by atoms with Crippen LogP contribution in [-0.4, -0.2) is 64.4 Å². The van der Waals surface area contributed by atoms with E-state index in [1.165, 1.54) is 0 Å². The van der Waals surface area contributed by atoms with Crippen LogP contribution in [0.1, 0.15) is 6.92 Å². The molecule has 0 aliphatic heterocycles. The molecule has 0 aromatic rings. The van der Waals surface area contributed by atoms with Gasteiger partial charge in [-0.1, -0.05) is 12.2 Å². The first-order valence-electron chi connectivity index (χ1n) is 5.82. The van der Waals surface area contributed by atoms with Crippen molar-refractivity contribution in [2.24, 2.45) is 0 Å². The third kappa shape index (κ3) is 5.12. The van der Waals surface area contributed by atoms with Crippen LogP contribution in [0.3, 0.4) is 0 Å². The Kier molecular flexibility index (Phi) is 7.34. The zero-order valence-corrected chi connectivity index (χ0v) is 13.4. The molecule has 0 aliphatic carbocycles.